The largest absolute Gasteiger partial charge is 0.499 e. The fraction of sp³-hybridized carbons (Fsp3) is 0.429. The molecule has 1 aliphatic carbocycles. The van der Waals surface area contributed by atoms with Crippen molar-refractivity contribution in [2.75, 3.05) is 33.2 Å². The third-order valence-electron chi connectivity index (χ3n) is 4.63. The molecule has 1 aliphatic heterocycles. The van der Waals surface area contributed by atoms with E-state index < -0.39 is 24.3 Å². The molecule has 2 aliphatic rings. The van der Waals surface area contributed by atoms with Gasteiger partial charge in [-0.1, -0.05) is 12.1 Å². The van der Waals surface area contributed by atoms with Crippen LogP contribution in [0, 0.1) is 0 Å². The number of ether oxygens (including phenoxy) is 4. The van der Waals surface area contributed by atoms with Crippen LogP contribution in [0.4, 0.5) is 0 Å². The second-order valence-electron chi connectivity index (χ2n) is 6.72. The number of hydrogen-bond acceptors (Lipinski definition) is 8. The molecule has 0 radical (unpaired) electrons. The first-order valence-corrected chi connectivity index (χ1v) is 9.65. The van der Waals surface area contributed by atoms with Gasteiger partial charge < -0.3 is 34.5 Å². The van der Waals surface area contributed by atoms with Gasteiger partial charge in [0.1, 0.15) is 31.7 Å². The molecule has 1 aromatic rings. The molecule has 0 bridgehead atoms. The van der Waals surface area contributed by atoms with Crippen molar-refractivity contribution < 1.29 is 38.7 Å². The van der Waals surface area contributed by atoms with Gasteiger partial charge in [0, 0.05) is 18.5 Å². The van der Waals surface area contributed by atoms with Gasteiger partial charge in [0.05, 0.1) is 25.0 Å². The van der Waals surface area contributed by atoms with Crippen molar-refractivity contribution in [1.82, 2.24) is 5.32 Å². The maximum Gasteiger partial charge on any atom is 0.338 e. The van der Waals surface area contributed by atoms with Crippen LogP contribution in [0.1, 0.15) is 22.3 Å². The van der Waals surface area contributed by atoms with Gasteiger partial charge in [-0.25, -0.2) is 4.79 Å². The quantitative estimate of drug-likeness (QED) is 0.298. The Balaban J connectivity index is 1.67. The lowest BCUT2D eigenvalue weighted by atomic mass is 9.91. The van der Waals surface area contributed by atoms with E-state index in [0.717, 1.165) is 5.56 Å². The summed E-state index contributed by atoms with van der Waals surface area (Å²) in [6, 6.07) is 6.80. The SMILES string of the molecule is O=C(NCCO)C1=CC2OCOC2C(OC(=O)c2cccc(C=COCCO)c2)C1. The van der Waals surface area contributed by atoms with E-state index in [1.165, 1.54) is 6.26 Å². The molecular weight excluding hydrogens is 394 g/mol. The molecular formula is C21H25NO8. The van der Waals surface area contributed by atoms with Crippen molar-refractivity contribution in [2.24, 2.45) is 0 Å². The molecule has 0 spiro atoms. The molecule has 3 atom stereocenters. The van der Waals surface area contributed by atoms with Crippen LogP contribution in [-0.4, -0.2) is 73.6 Å². The molecule has 1 heterocycles. The van der Waals surface area contributed by atoms with E-state index in [-0.39, 0.29) is 45.5 Å². The summed E-state index contributed by atoms with van der Waals surface area (Å²) >= 11 is 0. The fourth-order valence-corrected chi connectivity index (χ4v) is 3.23. The lowest BCUT2D eigenvalue weighted by Gasteiger charge is -2.30. The number of nitrogens with one attached hydrogen (secondary N) is 1. The molecule has 0 saturated carbocycles. The van der Waals surface area contributed by atoms with E-state index in [1.807, 2.05) is 0 Å². The number of hydrogen-bond donors (Lipinski definition) is 3. The van der Waals surface area contributed by atoms with Gasteiger partial charge in [0.25, 0.3) is 0 Å². The minimum atomic E-state index is -0.683. The number of aliphatic hydroxyl groups excluding tert-OH is 2. The zero-order chi connectivity index (χ0) is 21.3. The highest BCUT2D eigenvalue weighted by molar-refractivity contribution is 5.94. The first-order valence-electron chi connectivity index (χ1n) is 9.65. The Morgan fingerprint density at radius 2 is 2.10 bits per heavy atom. The molecule has 1 amide bonds. The highest BCUT2D eigenvalue weighted by Crippen LogP contribution is 2.30. The summed E-state index contributed by atoms with van der Waals surface area (Å²) in [6.45, 7) is 0.125. The monoisotopic (exact) mass is 419 g/mol. The van der Waals surface area contributed by atoms with Gasteiger partial charge in [-0.05, 0) is 29.8 Å². The van der Waals surface area contributed by atoms with E-state index in [1.54, 1.807) is 36.4 Å². The average molecular weight is 419 g/mol. The number of carbonyl (C=O) groups is 2. The number of aliphatic hydroxyl groups is 2. The average Bonchev–Trinajstić information content (AvgIpc) is 3.24. The highest BCUT2D eigenvalue weighted by Gasteiger charge is 2.42. The number of carbonyl (C=O) groups excluding carboxylic acids is 2. The second kappa shape index (κ2) is 10.9. The molecule has 1 saturated heterocycles. The molecule has 1 aromatic carbocycles. The minimum absolute atomic E-state index is 0.0551. The Kier molecular flexibility index (Phi) is 7.97. The minimum Gasteiger partial charge on any atom is -0.499 e. The van der Waals surface area contributed by atoms with E-state index >= 15 is 0 Å². The second-order valence-corrected chi connectivity index (χ2v) is 6.72. The zero-order valence-corrected chi connectivity index (χ0v) is 16.4. The van der Waals surface area contributed by atoms with Gasteiger partial charge in [-0.2, -0.15) is 0 Å². The van der Waals surface area contributed by atoms with Crippen LogP contribution in [0.3, 0.4) is 0 Å². The molecule has 30 heavy (non-hydrogen) atoms. The van der Waals surface area contributed by atoms with Gasteiger partial charge in [-0.15, -0.1) is 0 Å². The van der Waals surface area contributed by atoms with Gasteiger partial charge in [0.2, 0.25) is 5.91 Å². The van der Waals surface area contributed by atoms with Crippen LogP contribution < -0.4 is 5.32 Å². The topological polar surface area (TPSA) is 124 Å². The van der Waals surface area contributed by atoms with Crippen LogP contribution in [0.25, 0.3) is 6.08 Å². The number of benzene rings is 1. The third kappa shape index (κ3) is 5.67. The maximum atomic E-state index is 12.7. The third-order valence-corrected chi connectivity index (χ3v) is 4.63. The molecule has 9 nitrogen and oxygen atoms in total. The highest BCUT2D eigenvalue weighted by atomic mass is 16.7. The standard InChI is InChI=1S/C21H25NO8/c23-6-5-22-20(25)16-11-17-19(29-13-28-17)18(12-16)30-21(26)15-3-1-2-14(10-15)4-8-27-9-7-24/h1-4,8,10-11,17-19,23-24H,5-7,9,12-13H2,(H,22,25). The van der Waals surface area contributed by atoms with Crippen molar-refractivity contribution in [1.29, 1.82) is 0 Å². The van der Waals surface area contributed by atoms with Crippen molar-refractivity contribution >= 4 is 18.0 Å². The van der Waals surface area contributed by atoms with Crippen LogP contribution in [0.2, 0.25) is 0 Å². The summed E-state index contributed by atoms with van der Waals surface area (Å²) < 4.78 is 21.8. The van der Waals surface area contributed by atoms with Crippen LogP contribution >= 0.6 is 0 Å². The van der Waals surface area contributed by atoms with E-state index in [2.05, 4.69) is 5.32 Å². The molecule has 3 N–H and O–H groups in total. The Labute approximate surface area is 173 Å². The maximum absolute atomic E-state index is 12.7. The van der Waals surface area contributed by atoms with Crippen LogP contribution in [0.15, 0.2) is 42.2 Å². The molecule has 3 unspecified atom stereocenters. The molecule has 162 valence electrons. The van der Waals surface area contributed by atoms with Crippen LogP contribution in [-0.2, 0) is 23.7 Å². The van der Waals surface area contributed by atoms with E-state index in [4.69, 9.17) is 29.2 Å². The molecule has 0 aromatic heterocycles. The predicted molar refractivity (Wildman–Crippen MR) is 105 cm³/mol. The van der Waals surface area contributed by atoms with E-state index in [0.29, 0.717) is 11.1 Å². The molecule has 3 rings (SSSR count). The molecule has 1 fully saturated rings. The van der Waals surface area contributed by atoms with Crippen molar-refractivity contribution in [3.8, 4) is 0 Å². The fourth-order valence-electron chi connectivity index (χ4n) is 3.23. The normalized spacial score (nSPS) is 23.0. The Hall–Kier alpha value is -2.72. The summed E-state index contributed by atoms with van der Waals surface area (Å²) in [5.41, 5.74) is 1.50. The lowest BCUT2D eigenvalue weighted by Crippen LogP contribution is -2.43. The van der Waals surface area contributed by atoms with Crippen molar-refractivity contribution in [2.45, 2.75) is 24.7 Å². The van der Waals surface area contributed by atoms with E-state index in [9.17, 15) is 9.59 Å². The number of esters is 1. The Morgan fingerprint density at radius 3 is 2.90 bits per heavy atom. The summed E-state index contributed by atoms with van der Waals surface area (Å²) in [6.07, 6.45) is 3.32. The number of amides is 1. The summed E-state index contributed by atoms with van der Waals surface area (Å²) in [4.78, 5) is 25.0. The zero-order valence-electron chi connectivity index (χ0n) is 16.4. The summed E-state index contributed by atoms with van der Waals surface area (Å²) in [5.74, 6) is -0.883. The van der Waals surface area contributed by atoms with Crippen molar-refractivity contribution in [3.05, 3.63) is 53.3 Å². The first-order chi connectivity index (χ1) is 14.6. The molecule has 9 heteroatoms. The number of rotatable bonds is 9. The Bertz CT molecular complexity index is 806. The van der Waals surface area contributed by atoms with Gasteiger partial charge >= 0.3 is 5.97 Å². The van der Waals surface area contributed by atoms with Gasteiger partial charge in [-0.3, -0.25) is 4.79 Å². The number of fused-ring (bicyclic) bond motifs is 1. The van der Waals surface area contributed by atoms with Crippen molar-refractivity contribution in [3.63, 3.8) is 0 Å². The lowest BCUT2D eigenvalue weighted by molar-refractivity contribution is -0.118. The summed E-state index contributed by atoms with van der Waals surface area (Å²) in [7, 11) is 0. The Morgan fingerprint density at radius 1 is 1.23 bits per heavy atom. The summed E-state index contributed by atoms with van der Waals surface area (Å²) in [5, 5.41) is 20.2. The first kappa shape index (κ1) is 22.0. The van der Waals surface area contributed by atoms with Gasteiger partial charge in [0.15, 0.2) is 0 Å². The smallest absolute Gasteiger partial charge is 0.338 e. The van der Waals surface area contributed by atoms with Crippen LogP contribution in [0.5, 0.6) is 0 Å². The predicted octanol–water partition coefficient (Wildman–Crippen LogP) is 0.372.